The van der Waals surface area contributed by atoms with Gasteiger partial charge in [0.15, 0.2) is 0 Å². The molecule has 0 bridgehead atoms. The lowest BCUT2D eigenvalue weighted by Gasteiger charge is -2.15. The van der Waals surface area contributed by atoms with E-state index in [0.717, 1.165) is 22.3 Å². The smallest absolute Gasteiger partial charge is 0.214 e. The Morgan fingerprint density at radius 1 is 0.818 bits per heavy atom. The van der Waals surface area contributed by atoms with Crippen LogP contribution in [0.4, 0.5) is 0 Å². The van der Waals surface area contributed by atoms with Crippen molar-refractivity contribution in [3.05, 3.63) is 77.2 Å². The van der Waals surface area contributed by atoms with E-state index in [4.69, 9.17) is 0 Å². The summed E-state index contributed by atoms with van der Waals surface area (Å²) in [6.45, 7) is 6.03. The normalized spacial score (nSPS) is 13.3. The van der Waals surface area contributed by atoms with Crippen molar-refractivity contribution in [3.8, 4) is 11.1 Å². The number of rotatable bonds is 11. The van der Waals surface area contributed by atoms with Gasteiger partial charge >= 0.3 is 0 Å². The Labute approximate surface area is 201 Å². The Morgan fingerprint density at radius 2 is 1.42 bits per heavy atom. The molecule has 33 heavy (non-hydrogen) atoms. The average molecular weight is 507 g/mol. The highest BCUT2D eigenvalue weighted by Gasteiger charge is 2.17. The van der Waals surface area contributed by atoms with Gasteiger partial charge < -0.3 is 0 Å². The summed E-state index contributed by atoms with van der Waals surface area (Å²) >= 11 is 1.20. The minimum atomic E-state index is -3.44. The molecule has 1 aromatic heterocycles. The molecule has 6 nitrogen and oxygen atoms in total. The quantitative estimate of drug-likeness (QED) is 0.404. The molecule has 0 spiro atoms. The van der Waals surface area contributed by atoms with Crippen LogP contribution in [0.2, 0.25) is 0 Å². The summed E-state index contributed by atoms with van der Waals surface area (Å²) in [7, 11) is -6.71. The molecule has 0 aliphatic rings. The second-order valence-corrected chi connectivity index (χ2v) is 13.5. The van der Waals surface area contributed by atoms with E-state index in [-0.39, 0.29) is 5.92 Å². The van der Waals surface area contributed by atoms with Gasteiger partial charge in [0.1, 0.15) is 4.21 Å². The Hall–Kier alpha value is -2.04. The van der Waals surface area contributed by atoms with Gasteiger partial charge in [-0.1, -0.05) is 61.5 Å². The van der Waals surface area contributed by atoms with Crippen molar-refractivity contribution in [1.29, 1.82) is 0 Å². The van der Waals surface area contributed by atoms with Crippen LogP contribution in [0.5, 0.6) is 0 Å². The summed E-state index contributed by atoms with van der Waals surface area (Å²) < 4.78 is 53.9. The van der Waals surface area contributed by atoms with Gasteiger partial charge in [0.25, 0.3) is 0 Å². The minimum absolute atomic E-state index is 0.0629. The van der Waals surface area contributed by atoms with Gasteiger partial charge in [-0.15, -0.1) is 11.3 Å². The monoisotopic (exact) mass is 506 g/mol. The molecule has 0 aliphatic heterocycles. The molecule has 0 fully saturated rings. The molecule has 9 heteroatoms. The molecule has 3 aromatic rings. The van der Waals surface area contributed by atoms with Crippen molar-refractivity contribution in [2.75, 3.05) is 13.1 Å². The molecule has 178 valence electrons. The summed E-state index contributed by atoms with van der Waals surface area (Å²) in [6.07, 6.45) is 0.605. The molecule has 2 aromatic carbocycles. The highest BCUT2D eigenvalue weighted by Crippen LogP contribution is 2.23. The maximum atomic E-state index is 12.2. The molecule has 1 unspecified atom stereocenters. The highest BCUT2D eigenvalue weighted by molar-refractivity contribution is 7.91. The van der Waals surface area contributed by atoms with Gasteiger partial charge in [-0.05, 0) is 59.9 Å². The number of hydrogen-bond acceptors (Lipinski definition) is 5. The third-order valence-corrected chi connectivity index (χ3v) is 10.1. The Bertz CT molecular complexity index is 1230. The summed E-state index contributed by atoms with van der Waals surface area (Å²) in [5.41, 5.74) is 4.26. The first-order valence-corrected chi connectivity index (χ1v) is 14.7. The minimum Gasteiger partial charge on any atom is -0.214 e. The van der Waals surface area contributed by atoms with Gasteiger partial charge in [0.05, 0.1) is 5.25 Å². The van der Waals surface area contributed by atoms with Gasteiger partial charge in [-0.25, -0.2) is 26.3 Å². The molecular formula is C24H30N2O4S3. The lowest BCUT2D eigenvalue weighted by Crippen LogP contribution is -2.33. The van der Waals surface area contributed by atoms with Crippen LogP contribution in [-0.2, 0) is 26.5 Å². The average Bonchev–Trinajstić information content (AvgIpc) is 3.34. The SMILES string of the molecule is CC(CNS(=O)(=O)C(C)C)c1ccc(-c2ccc(CCNS(=O)(=O)c3cccs3)cc2)cc1. The van der Waals surface area contributed by atoms with Crippen LogP contribution >= 0.6 is 11.3 Å². The van der Waals surface area contributed by atoms with Crippen molar-refractivity contribution in [2.24, 2.45) is 0 Å². The van der Waals surface area contributed by atoms with Crippen LogP contribution in [-0.4, -0.2) is 35.2 Å². The zero-order chi connectivity index (χ0) is 24.1. The fraction of sp³-hybridized carbons (Fsp3) is 0.333. The first kappa shape index (κ1) is 25.6. The largest absolute Gasteiger partial charge is 0.250 e. The first-order valence-electron chi connectivity index (χ1n) is 10.8. The summed E-state index contributed by atoms with van der Waals surface area (Å²) in [5.74, 6) is 0.0629. The van der Waals surface area contributed by atoms with E-state index >= 15 is 0 Å². The topological polar surface area (TPSA) is 92.3 Å². The number of hydrogen-bond donors (Lipinski definition) is 2. The van der Waals surface area contributed by atoms with Crippen molar-refractivity contribution < 1.29 is 16.8 Å². The van der Waals surface area contributed by atoms with Crippen LogP contribution in [0.15, 0.2) is 70.3 Å². The maximum Gasteiger partial charge on any atom is 0.250 e. The van der Waals surface area contributed by atoms with Crippen LogP contribution in [0, 0.1) is 0 Å². The van der Waals surface area contributed by atoms with Crippen molar-refractivity contribution in [2.45, 2.75) is 42.6 Å². The zero-order valence-electron chi connectivity index (χ0n) is 19.0. The molecule has 3 rings (SSSR count). The molecule has 1 atom stereocenters. The molecule has 0 saturated carbocycles. The van der Waals surface area contributed by atoms with Crippen molar-refractivity contribution in [3.63, 3.8) is 0 Å². The third kappa shape index (κ3) is 6.97. The van der Waals surface area contributed by atoms with Crippen molar-refractivity contribution in [1.82, 2.24) is 9.44 Å². The predicted octanol–water partition coefficient (Wildman–Crippen LogP) is 4.37. The van der Waals surface area contributed by atoms with Gasteiger partial charge in [0, 0.05) is 13.1 Å². The van der Waals surface area contributed by atoms with E-state index in [9.17, 15) is 16.8 Å². The van der Waals surface area contributed by atoms with E-state index in [1.807, 2.05) is 55.5 Å². The van der Waals surface area contributed by atoms with Crippen LogP contribution in [0.1, 0.15) is 37.8 Å². The van der Waals surface area contributed by atoms with Gasteiger partial charge in [-0.2, -0.15) is 0 Å². The maximum absolute atomic E-state index is 12.2. The first-order chi connectivity index (χ1) is 15.6. The number of benzene rings is 2. The van der Waals surface area contributed by atoms with Crippen LogP contribution < -0.4 is 9.44 Å². The number of nitrogens with one attached hydrogen (secondary N) is 2. The zero-order valence-corrected chi connectivity index (χ0v) is 21.4. The fourth-order valence-corrected chi connectivity index (χ4v) is 6.10. The molecule has 1 heterocycles. The standard InChI is InChI=1S/C24H30N2O4S3/c1-18(2)32(27,28)26-17-19(3)21-10-12-23(13-11-21)22-8-6-20(7-9-22)14-15-25-33(29,30)24-5-4-16-31-24/h4-13,16,18-19,25-26H,14-15,17H2,1-3H3. The number of thiophene rings is 1. The molecule has 0 saturated heterocycles. The van der Waals surface area contributed by atoms with E-state index < -0.39 is 25.3 Å². The van der Waals surface area contributed by atoms with Crippen molar-refractivity contribution >= 4 is 31.4 Å². The Morgan fingerprint density at radius 3 is 1.97 bits per heavy atom. The van der Waals surface area contributed by atoms with E-state index in [0.29, 0.717) is 23.7 Å². The number of sulfonamides is 2. The van der Waals surface area contributed by atoms with Gasteiger partial charge in [0.2, 0.25) is 20.0 Å². The van der Waals surface area contributed by atoms with E-state index in [2.05, 4.69) is 9.44 Å². The molecule has 0 aliphatic carbocycles. The summed E-state index contributed by atoms with van der Waals surface area (Å²) in [4.78, 5) is 0. The van der Waals surface area contributed by atoms with Gasteiger partial charge in [-0.3, -0.25) is 0 Å². The second kappa shape index (κ2) is 10.9. The molecule has 0 amide bonds. The molecule has 0 radical (unpaired) electrons. The molecule has 2 N–H and O–H groups in total. The lowest BCUT2D eigenvalue weighted by atomic mass is 9.97. The van der Waals surface area contributed by atoms with Crippen LogP contribution in [0.25, 0.3) is 11.1 Å². The Kier molecular flexibility index (Phi) is 8.47. The fourth-order valence-electron chi connectivity index (χ4n) is 3.21. The predicted molar refractivity (Wildman–Crippen MR) is 136 cm³/mol. The second-order valence-electron chi connectivity index (χ2n) is 8.24. The van der Waals surface area contributed by atoms with Crippen LogP contribution in [0.3, 0.4) is 0 Å². The van der Waals surface area contributed by atoms with E-state index in [1.54, 1.807) is 31.4 Å². The highest BCUT2D eigenvalue weighted by atomic mass is 32.2. The van der Waals surface area contributed by atoms with E-state index in [1.165, 1.54) is 11.3 Å². The third-order valence-electron chi connectivity index (χ3n) is 5.44. The lowest BCUT2D eigenvalue weighted by molar-refractivity contribution is 0.566. The Balaban J connectivity index is 1.55. The summed E-state index contributed by atoms with van der Waals surface area (Å²) in [6, 6.07) is 19.5. The summed E-state index contributed by atoms with van der Waals surface area (Å²) in [5, 5.41) is 1.30. The molecular weight excluding hydrogens is 476 g/mol.